The lowest BCUT2D eigenvalue weighted by Crippen LogP contribution is -2.53. The van der Waals surface area contributed by atoms with Crippen LogP contribution in [-0.4, -0.2) is 60.0 Å². The summed E-state index contributed by atoms with van der Waals surface area (Å²) in [6.07, 6.45) is 2.74. The third-order valence-electron chi connectivity index (χ3n) is 5.16. The predicted molar refractivity (Wildman–Crippen MR) is 100 cm³/mol. The lowest BCUT2D eigenvalue weighted by Gasteiger charge is -2.30. The highest BCUT2D eigenvalue weighted by Crippen LogP contribution is 2.25. The Hall–Kier alpha value is -2.28. The molecule has 0 aliphatic carbocycles. The first-order valence-corrected chi connectivity index (χ1v) is 9.56. The van der Waals surface area contributed by atoms with Crippen LogP contribution in [0.15, 0.2) is 24.3 Å². The monoisotopic (exact) mass is 393 g/mol. The van der Waals surface area contributed by atoms with Gasteiger partial charge in [-0.1, -0.05) is 23.7 Å². The molecule has 0 aromatic heterocycles. The molecule has 2 aliphatic rings. The van der Waals surface area contributed by atoms with Crippen LogP contribution in [0.3, 0.4) is 0 Å². The van der Waals surface area contributed by atoms with Gasteiger partial charge in [0.05, 0.1) is 7.11 Å². The van der Waals surface area contributed by atoms with Crippen LogP contribution in [0.2, 0.25) is 5.02 Å². The Morgan fingerprint density at radius 2 is 1.70 bits per heavy atom. The number of carbonyl (C=O) groups excluding carboxylic acids is 3. The van der Waals surface area contributed by atoms with E-state index in [0.717, 1.165) is 18.4 Å². The van der Waals surface area contributed by atoms with E-state index in [1.54, 1.807) is 21.9 Å². The summed E-state index contributed by atoms with van der Waals surface area (Å²) < 4.78 is 4.81. The number of amides is 3. The second-order valence-electron chi connectivity index (χ2n) is 6.85. The maximum Gasteiger partial charge on any atom is 0.328 e. The van der Waals surface area contributed by atoms with Crippen LogP contribution in [-0.2, 0) is 20.9 Å². The largest absolute Gasteiger partial charge is 0.467 e. The second kappa shape index (κ2) is 8.61. The minimum absolute atomic E-state index is 0.165. The van der Waals surface area contributed by atoms with Crippen molar-refractivity contribution in [2.24, 2.45) is 0 Å². The van der Waals surface area contributed by atoms with Gasteiger partial charge in [0.25, 0.3) is 0 Å². The van der Waals surface area contributed by atoms with Crippen LogP contribution in [0.25, 0.3) is 0 Å². The van der Waals surface area contributed by atoms with Crippen LogP contribution in [0, 0.1) is 0 Å². The van der Waals surface area contributed by atoms with Gasteiger partial charge in [-0.15, -0.1) is 0 Å². The lowest BCUT2D eigenvalue weighted by atomic mass is 10.1. The molecule has 7 nitrogen and oxygen atoms in total. The molecule has 1 aromatic carbocycles. The summed E-state index contributed by atoms with van der Waals surface area (Å²) in [6.45, 7) is 1.41. The number of likely N-dealkylation sites (tertiary alicyclic amines) is 2. The number of rotatable bonds is 4. The first-order chi connectivity index (χ1) is 13.0. The molecule has 2 saturated heterocycles. The quantitative estimate of drug-likeness (QED) is 0.795. The number of halogens is 1. The molecule has 3 amide bonds. The van der Waals surface area contributed by atoms with Crippen molar-refractivity contribution in [3.63, 3.8) is 0 Å². The van der Waals surface area contributed by atoms with Crippen molar-refractivity contribution in [2.45, 2.75) is 44.3 Å². The van der Waals surface area contributed by atoms with E-state index in [9.17, 15) is 14.4 Å². The Morgan fingerprint density at radius 1 is 1.07 bits per heavy atom. The smallest absolute Gasteiger partial charge is 0.328 e. The Morgan fingerprint density at radius 3 is 2.37 bits per heavy atom. The Balaban J connectivity index is 1.62. The van der Waals surface area contributed by atoms with E-state index in [-0.39, 0.29) is 11.9 Å². The molecule has 1 N–H and O–H groups in total. The fourth-order valence-corrected chi connectivity index (χ4v) is 3.88. The van der Waals surface area contributed by atoms with E-state index < -0.39 is 18.1 Å². The third kappa shape index (κ3) is 4.35. The van der Waals surface area contributed by atoms with E-state index in [1.165, 1.54) is 7.11 Å². The van der Waals surface area contributed by atoms with Gasteiger partial charge in [-0.05, 0) is 43.4 Å². The zero-order valence-electron chi connectivity index (χ0n) is 15.3. The highest BCUT2D eigenvalue weighted by atomic mass is 35.5. The molecule has 1 aromatic rings. The number of hydrogen-bond acceptors (Lipinski definition) is 4. The van der Waals surface area contributed by atoms with Crippen LogP contribution >= 0.6 is 11.6 Å². The van der Waals surface area contributed by atoms with Crippen LogP contribution in [0.1, 0.15) is 31.2 Å². The molecular formula is C19H24ClN3O4. The van der Waals surface area contributed by atoms with Crippen molar-refractivity contribution in [2.75, 3.05) is 20.2 Å². The normalized spacial score (nSPS) is 22.0. The standard InChI is InChI=1S/C19H24ClN3O4/c1-27-18(25)16-5-3-10-22(16)17(24)15-4-2-11-23(15)19(26)21-12-13-6-8-14(20)9-7-13/h6-9,15-16H,2-5,10-12H2,1H3,(H,21,26)/t15-,16-/m0/s1. The van der Waals surface area contributed by atoms with Crippen LogP contribution in [0.5, 0.6) is 0 Å². The zero-order valence-corrected chi connectivity index (χ0v) is 16.1. The first kappa shape index (κ1) is 19.5. The van der Waals surface area contributed by atoms with Crippen molar-refractivity contribution in [1.29, 1.82) is 0 Å². The summed E-state index contributed by atoms with van der Waals surface area (Å²) in [5.41, 5.74) is 0.931. The summed E-state index contributed by atoms with van der Waals surface area (Å²) in [7, 11) is 1.33. The second-order valence-corrected chi connectivity index (χ2v) is 7.29. The maximum absolute atomic E-state index is 13.0. The lowest BCUT2D eigenvalue weighted by molar-refractivity contribution is -0.152. The number of ether oxygens (including phenoxy) is 1. The van der Waals surface area contributed by atoms with Crippen LogP contribution in [0.4, 0.5) is 4.79 Å². The summed E-state index contributed by atoms with van der Waals surface area (Å²) in [5, 5.41) is 3.50. The summed E-state index contributed by atoms with van der Waals surface area (Å²) in [5.74, 6) is -0.556. The van der Waals surface area contributed by atoms with Gasteiger partial charge in [0, 0.05) is 24.7 Å². The number of nitrogens with one attached hydrogen (secondary N) is 1. The number of methoxy groups -OCH3 is 1. The van der Waals surface area contributed by atoms with Gasteiger partial charge in [-0.3, -0.25) is 4.79 Å². The molecule has 0 radical (unpaired) electrons. The fourth-order valence-electron chi connectivity index (χ4n) is 3.75. The molecule has 2 atom stereocenters. The van der Waals surface area contributed by atoms with Crippen molar-refractivity contribution in [1.82, 2.24) is 15.1 Å². The van der Waals surface area contributed by atoms with Crippen molar-refractivity contribution in [3.8, 4) is 0 Å². The summed E-state index contributed by atoms with van der Waals surface area (Å²) in [6, 6.07) is 5.90. The Kier molecular flexibility index (Phi) is 6.21. The van der Waals surface area contributed by atoms with Crippen LogP contribution < -0.4 is 5.32 Å². The SMILES string of the molecule is COC(=O)[C@@H]1CCCN1C(=O)[C@@H]1CCCN1C(=O)NCc1ccc(Cl)cc1. The molecule has 2 heterocycles. The number of benzene rings is 1. The van der Waals surface area contributed by atoms with E-state index in [0.29, 0.717) is 37.5 Å². The van der Waals surface area contributed by atoms with Gasteiger partial charge in [-0.25, -0.2) is 9.59 Å². The minimum atomic E-state index is -0.540. The van der Waals surface area contributed by atoms with Crippen molar-refractivity contribution < 1.29 is 19.1 Å². The highest BCUT2D eigenvalue weighted by Gasteiger charge is 2.42. The zero-order chi connectivity index (χ0) is 19.4. The molecule has 146 valence electrons. The number of esters is 1. The molecular weight excluding hydrogens is 370 g/mol. The van der Waals surface area contributed by atoms with E-state index in [1.807, 2.05) is 12.1 Å². The Bertz CT molecular complexity index is 709. The van der Waals surface area contributed by atoms with Gasteiger partial charge in [0.15, 0.2) is 0 Å². The Labute approximate surface area is 163 Å². The summed E-state index contributed by atoms with van der Waals surface area (Å²) >= 11 is 5.87. The number of hydrogen-bond donors (Lipinski definition) is 1. The summed E-state index contributed by atoms with van der Waals surface area (Å²) in [4.78, 5) is 40.7. The van der Waals surface area contributed by atoms with E-state index in [4.69, 9.17) is 16.3 Å². The minimum Gasteiger partial charge on any atom is -0.467 e. The maximum atomic E-state index is 13.0. The van der Waals surface area contributed by atoms with E-state index >= 15 is 0 Å². The van der Waals surface area contributed by atoms with Gasteiger partial charge >= 0.3 is 12.0 Å². The molecule has 3 rings (SSSR count). The number of carbonyl (C=O) groups is 3. The molecule has 0 bridgehead atoms. The molecule has 27 heavy (non-hydrogen) atoms. The highest BCUT2D eigenvalue weighted by molar-refractivity contribution is 6.30. The molecule has 2 fully saturated rings. The number of nitrogens with zero attached hydrogens (tertiary/aromatic N) is 2. The molecule has 2 aliphatic heterocycles. The first-order valence-electron chi connectivity index (χ1n) is 9.18. The third-order valence-corrected chi connectivity index (χ3v) is 5.42. The average molecular weight is 394 g/mol. The number of urea groups is 1. The van der Waals surface area contributed by atoms with Gasteiger partial charge in [0.2, 0.25) is 5.91 Å². The molecule has 0 unspecified atom stereocenters. The van der Waals surface area contributed by atoms with Gasteiger partial charge in [0.1, 0.15) is 12.1 Å². The van der Waals surface area contributed by atoms with Crippen molar-refractivity contribution >= 4 is 29.5 Å². The molecule has 0 spiro atoms. The predicted octanol–water partition coefficient (Wildman–Crippen LogP) is 2.18. The van der Waals surface area contributed by atoms with Gasteiger partial charge in [-0.2, -0.15) is 0 Å². The van der Waals surface area contributed by atoms with Gasteiger partial charge < -0.3 is 19.9 Å². The molecule has 0 saturated carbocycles. The van der Waals surface area contributed by atoms with Crippen molar-refractivity contribution in [3.05, 3.63) is 34.9 Å². The molecule has 8 heteroatoms. The average Bonchev–Trinajstić information content (AvgIpc) is 3.35. The fraction of sp³-hybridized carbons (Fsp3) is 0.526. The van der Waals surface area contributed by atoms with E-state index in [2.05, 4.69) is 5.32 Å². The topological polar surface area (TPSA) is 79.0 Å².